The van der Waals surface area contributed by atoms with Crippen LogP contribution in [0.1, 0.15) is 68.7 Å². The monoisotopic (exact) mass is 580 g/mol. The number of alkyl carbamates (subject to hydrolysis) is 2. The normalized spacial score (nSPS) is 15.1. The summed E-state index contributed by atoms with van der Waals surface area (Å²) < 4.78 is 30.4. The summed E-state index contributed by atoms with van der Waals surface area (Å²) in [5.74, 6) is -1.85. The van der Waals surface area contributed by atoms with Gasteiger partial charge >= 0.3 is 12.2 Å². The molecule has 1 rings (SSSR count). The van der Waals surface area contributed by atoms with Crippen LogP contribution in [-0.2, 0) is 29.0 Å². The summed E-state index contributed by atoms with van der Waals surface area (Å²) in [7, 11) is -3.89. The first-order valence-corrected chi connectivity index (χ1v) is 14.3. The lowest BCUT2D eigenvalue weighted by Crippen LogP contribution is -2.48. The summed E-state index contributed by atoms with van der Waals surface area (Å²) in [5, 5.41) is 6.51. The molecule has 0 radical (unpaired) electrons. The van der Waals surface area contributed by atoms with E-state index in [1.165, 1.54) is 18.4 Å². The highest BCUT2D eigenvalue weighted by molar-refractivity contribution is 7.94. The van der Waals surface area contributed by atoms with Crippen molar-refractivity contribution in [1.29, 1.82) is 0 Å². The van der Waals surface area contributed by atoms with Crippen LogP contribution in [-0.4, -0.2) is 51.5 Å². The molecule has 1 heterocycles. The summed E-state index contributed by atoms with van der Waals surface area (Å²) in [6.45, 7) is 15.0. The standard InChI is InChI=1S/C23H37ClN4O7S2/c1-13(2)10-16(26-21(32)35-23(7,8)9)19(30)28-37(33,17-11-15(24)12-36-17)27-18(29)14(3)25-20(31)34-22(4,5)6/h11-14,16H,10H2,1-9H3,(H,25,31)(H,26,32)(H,27,28,29,30,33)/t14-,16-,37?/m0/s1. The van der Waals surface area contributed by atoms with Gasteiger partial charge in [0.1, 0.15) is 27.5 Å². The van der Waals surface area contributed by atoms with E-state index < -0.39 is 57.2 Å². The Kier molecular flexibility index (Phi) is 11.4. The van der Waals surface area contributed by atoms with E-state index in [4.69, 9.17) is 21.1 Å². The van der Waals surface area contributed by atoms with Gasteiger partial charge in [-0.3, -0.25) is 14.3 Å². The van der Waals surface area contributed by atoms with Crippen LogP contribution < -0.4 is 15.4 Å². The molecule has 37 heavy (non-hydrogen) atoms. The largest absolute Gasteiger partial charge is 0.444 e. The molecule has 0 aromatic carbocycles. The molecule has 1 aromatic heterocycles. The van der Waals surface area contributed by atoms with Gasteiger partial charge in [-0.05, 0) is 66.9 Å². The minimum Gasteiger partial charge on any atom is -0.444 e. The second-order valence-corrected chi connectivity index (χ2v) is 14.2. The van der Waals surface area contributed by atoms with Gasteiger partial charge in [-0.1, -0.05) is 25.4 Å². The molecule has 0 aliphatic heterocycles. The molecule has 210 valence electrons. The van der Waals surface area contributed by atoms with Crippen LogP contribution in [0.25, 0.3) is 0 Å². The Balaban J connectivity index is 3.30. The minimum absolute atomic E-state index is 0.0178. The first-order valence-electron chi connectivity index (χ1n) is 11.6. The van der Waals surface area contributed by atoms with E-state index in [0.717, 1.165) is 11.3 Å². The van der Waals surface area contributed by atoms with E-state index in [-0.39, 0.29) is 21.6 Å². The Hall–Kier alpha value is -2.38. The molecule has 0 fully saturated rings. The third-order valence-electron chi connectivity index (χ3n) is 4.10. The second-order valence-electron chi connectivity index (χ2n) is 10.7. The van der Waals surface area contributed by atoms with Crippen LogP contribution in [0.5, 0.6) is 0 Å². The van der Waals surface area contributed by atoms with Crippen molar-refractivity contribution in [2.45, 2.75) is 96.2 Å². The van der Waals surface area contributed by atoms with Crippen molar-refractivity contribution >= 4 is 56.9 Å². The fourth-order valence-electron chi connectivity index (χ4n) is 2.67. The average Bonchev–Trinajstić information content (AvgIpc) is 3.11. The molecule has 4 amide bonds. The molecule has 1 unspecified atom stereocenters. The van der Waals surface area contributed by atoms with Gasteiger partial charge in [-0.25, -0.2) is 13.8 Å². The number of halogens is 1. The molecule has 0 bridgehead atoms. The average molecular weight is 581 g/mol. The highest BCUT2D eigenvalue weighted by Gasteiger charge is 2.30. The van der Waals surface area contributed by atoms with E-state index in [1.54, 1.807) is 41.5 Å². The highest BCUT2D eigenvalue weighted by atomic mass is 35.5. The van der Waals surface area contributed by atoms with Gasteiger partial charge in [0.25, 0.3) is 11.8 Å². The number of carbonyl (C=O) groups is 4. The fraction of sp³-hybridized carbons (Fsp3) is 0.652. The number of nitrogens with zero attached hydrogens (tertiary/aromatic N) is 1. The number of hydrogen-bond acceptors (Lipinski definition) is 8. The molecule has 0 aliphatic rings. The minimum atomic E-state index is -3.89. The predicted molar refractivity (Wildman–Crippen MR) is 143 cm³/mol. The maximum Gasteiger partial charge on any atom is 0.408 e. The molecule has 1 aromatic rings. The van der Waals surface area contributed by atoms with E-state index >= 15 is 0 Å². The van der Waals surface area contributed by atoms with Gasteiger partial charge in [-0.15, -0.1) is 15.7 Å². The SMILES string of the molecule is CC(C)C[C@H](NC(=O)OC(C)(C)C)C(=O)N=S(=O)(NC(=O)[C@H](C)NC(=O)OC(C)(C)C)c1cc(Cl)cs1. The molecule has 3 N–H and O–H groups in total. The lowest BCUT2D eigenvalue weighted by molar-refractivity contribution is -0.121. The Bertz CT molecular complexity index is 1110. The second kappa shape index (κ2) is 12.9. The summed E-state index contributed by atoms with van der Waals surface area (Å²) in [6, 6.07) is -1.03. The van der Waals surface area contributed by atoms with Crippen LogP contribution in [0.4, 0.5) is 9.59 Å². The third kappa shape index (κ3) is 12.1. The number of rotatable bonds is 8. The zero-order chi connectivity index (χ0) is 28.8. The summed E-state index contributed by atoms with van der Waals surface area (Å²) in [4.78, 5) is 50.4. The van der Waals surface area contributed by atoms with Crippen molar-refractivity contribution in [3.8, 4) is 0 Å². The van der Waals surface area contributed by atoms with Crippen molar-refractivity contribution in [3.63, 3.8) is 0 Å². The zero-order valence-electron chi connectivity index (χ0n) is 22.6. The smallest absolute Gasteiger partial charge is 0.408 e. The Morgan fingerprint density at radius 2 is 1.51 bits per heavy atom. The van der Waals surface area contributed by atoms with Crippen molar-refractivity contribution < 1.29 is 32.9 Å². The number of thiophene rings is 1. The third-order valence-corrected chi connectivity index (χ3v) is 7.71. The van der Waals surface area contributed by atoms with Gasteiger partial charge in [0.05, 0.1) is 5.02 Å². The Labute approximate surface area is 227 Å². The topological polar surface area (TPSA) is 152 Å². The first kappa shape index (κ1) is 32.6. The van der Waals surface area contributed by atoms with Crippen molar-refractivity contribution in [2.75, 3.05) is 0 Å². The van der Waals surface area contributed by atoms with Gasteiger partial charge < -0.3 is 20.1 Å². The van der Waals surface area contributed by atoms with Crippen molar-refractivity contribution in [2.24, 2.45) is 10.3 Å². The number of ether oxygens (including phenoxy) is 2. The van der Waals surface area contributed by atoms with Crippen molar-refractivity contribution in [1.82, 2.24) is 15.4 Å². The molecular formula is C23H37ClN4O7S2. The van der Waals surface area contributed by atoms with Gasteiger partial charge in [0, 0.05) is 5.38 Å². The van der Waals surface area contributed by atoms with Crippen LogP contribution >= 0.6 is 22.9 Å². The van der Waals surface area contributed by atoms with Crippen molar-refractivity contribution in [3.05, 3.63) is 16.5 Å². The van der Waals surface area contributed by atoms with Crippen LogP contribution in [0.15, 0.2) is 20.0 Å². The number of carbonyl (C=O) groups excluding carboxylic acids is 4. The lowest BCUT2D eigenvalue weighted by atomic mass is 10.0. The maximum atomic E-state index is 13.9. The number of hydrogen-bond donors (Lipinski definition) is 3. The van der Waals surface area contributed by atoms with Crippen LogP contribution in [0.3, 0.4) is 0 Å². The van der Waals surface area contributed by atoms with E-state index in [9.17, 15) is 23.4 Å². The van der Waals surface area contributed by atoms with Gasteiger partial charge in [0.15, 0.2) is 9.92 Å². The predicted octanol–water partition coefficient (Wildman–Crippen LogP) is 4.64. The van der Waals surface area contributed by atoms with Gasteiger partial charge in [-0.2, -0.15) is 0 Å². The molecule has 11 nitrogen and oxygen atoms in total. The Morgan fingerprint density at radius 1 is 1.00 bits per heavy atom. The molecule has 0 aliphatic carbocycles. The summed E-state index contributed by atoms with van der Waals surface area (Å²) in [6.07, 6.45) is -1.52. The zero-order valence-corrected chi connectivity index (χ0v) is 25.0. The van der Waals surface area contributed by atoms with E-state index in [0.29, 0.717) is 0 Å². The van der Waals surface area contributed by atoms with Crippen LogP contribution in [0, 0.1) is 5.92 Å². The van der Waals surface area contributed by atoms with E-state index in [1.807, 2.05) is 13.8 Å². The molecule has 0 saturated carbocycles. The molecular weight excluding hydrogens is 544 g/mol. The lowest BCUT2D eigenvalue weighted by Gasteiger charge is -2.23. The van der Waals surface area contributed by atoms with E-state index in [2.05, 4.69) is 19.7 Å². The molecule has 0 saturated heterocycles. The van der Waals surface area contributed by atoms with Gasteiger partial charge in [0.2, 0.25) is 0 Å². The summed E-state index contributed by atoms with van der Waals surface area (Å²) >= 11 is 6.92. The highest BCUT2D eigenvalue weighted by Crippen LogP contribution is 2.25. The molecule has 14 heteroatoms. The maximum absolute atomic E-state index is 13.9. The molecule has 3 atom stereocenters. The first-order chi connectivity index (χ1) is 16.7. The number of nitrogens with one attached hydrogen (secondary N) is 3. The van der Waals surface area contributed by atoms with Crippen LogP contribution in [0.2, 0.25) is 5.02 Å². The molecule has 0 spiro atoms. The fourth-order valence-corrected chi connectivity index (χ4v) is 5.79. The summed E-state index contributed by atoms with van der Waals surface area (Å²) in [5.41, 5.74) is -1.60. The number of amides is 4. The quantitative estimate of drug-likeness (QED) is 0.405. The Morgan fingerprint density at radius 3 is 1.95 bits per heavy atom.